The van der Waals surface area contributed by atoms with Crippen LogP contribution < -0.4 is 15.4 Å². The van der Waals surface area contributed by atoms with Crippen molar-refractivity contribution < 1.29 is 14.6 Å². The van der Waals surface area contributed by atoms with E-state index >= 15 is 0 Å². The number of carboxylic acid groups (broad SMARTS) is 1. The first-order valence-electron chi connectivity index (χ1n) is 7.89. The summed E-state index contributed by atoms with van der Waals surface area (Å²) < 4.78 is 5.77. The fourth-order valence-electron chi connectivity index (χ4n) is 2.84. The molecule has 0 atom stereocenters. The van der Waals surface area contributed by atoms with E-state index in [1.54, 1.807) is 6.07 Å². The number of anilines is 2. The van der Waals surface area contributed by atoms with Gasteiger partial charge < -0.3 is 25.4 Å². The summed E-state index contributed by atoms with van der Waals surface area (Å²) in [5.74, 6) is 1.18. The number of nitrogens with one attached hydrogen (secondary N) is 1. The molecule has 0 saturated carbocycles. The van der Waals surface area contributed by atoms with Crippen molar-refractivity contribution >= 4 is 17.6 Å². The quantitative estimate of drug-likeness (QED) is 0.789. The Kier molecular flexibility index (Phi) is 4.45. The zero-order chi connectivity index (χ0) is 17.1. The summed E-state index contributed by atoms with van der Waals surface area (Å²) in [6.07, 6.45) is -0.864. The van der Waals surface area contributed by atoms with Crippen LogP contribution in [-0.2, 0) is 0 Å². The number of rotatable bonds is 4. The minimum atomic E-state index is -0.864. The van der Waals surface area contributed by atoms with Gasteiger partial charge in [-0.15, -0.1) is 0 Å². The first-order chi connectivity index (χ1) is 11.6. The molecule has 2 heterocycles. The highest BCUT2D eigenvalue weighted by molar-refractivity contribution is 5.73. The number of piperazine rings is 1. The Morgan fingerprint density at radius 1 is 1.33 bits per heavy atom. The lowest BCUT2D eigenvalue weighted by molar-refractivity contribution is 0.142. The molecule has 4 N–H and O–H groups in total. The van der Waals surface area contributed by atoms with Crippen LogP contribution in [0.25, 0.3) is 11.3 Å². The summed E-state index contributed by atoms with van der Waals surface area (Å²) in [5, 5.41) is 15.9. The summed E-state index contributed by atoms with van der Waals surface area (Å²) in [5.41, 5.74) is 8.39. The molecule has 8 nitrogen and oxygen atoms in total. The number of amides is 1. The number of nitrogens with two attached hydrogens (primary N) is 1. The maximum Gasteiger partial charge on any atom is 0.407 e. The fourth-order valence-corrected chi connectivity index (χ4v) is 2.84. The molecular formula is C16H21N5O3. The lowest BCUT2D eigenvalue weighted by atomic mass is 10.1. The Hall–Kier alpha value is -2.90. The van der Waals surface area contributed by atoms with E-state index in [1.807, 2.05) is 25.1 Å². The van der Waals surface area contributed by atoms with E-state index in [4.69, 9.17) is 15.6 Å². The molecule has 1 aliphatic rings. The molecule has 8 heteroatoms. The molecule has 1 fully saturated rings. The molecular weight excluding hydrogens is 310 g/mol. The number of aromatic amines is 1. The highest BCUT2D eigenvalue weighted by Gasteiger charge is 2.21. The van der Waals surface area contributed by atoms with Gasteiger partial charge in [0.1, 0.15) is 11.6 Å². The summed E-state index contributed by atoms with van der Waals surface area (Å²) in [6, 6.07) is 7.72. The topological polar surface area (TPSA) is 108 Å². The third-order valence-corrected chi connectivity index (χ3v) is 4.07. The van der Waals surface area contributed by atoms with Gasteiger partial charge in [0.2, 0.25) is 0 Å². The first kappa shape index (κ1) is 16.0. The molecule has 1 amide bonds. The number of nitrogen functional groups attached to an aromatic ring is 1. The molecule has 0 unspecified atom stereocenters. The minimum absolute atomic E-state index is 0.432. The van der Waals surface area contributed by atoms with Gasteiger partial charge in [-0.2, -0.15) is 5.10 Å². The maximum absolute atomic E-state index is 11.0. The van der Waals surface area contributed by atoms with E-state index in [0.717, 1.165) is 22.7 Å². The second kappa shape index (κ2) is 6.69. The molecule has 0 aliphatic carbocycles. The van der Waals surface area contributed by atoms with E-state index in [0.29, 0.717) is 38.6 Å². The molecule has 0 spiro atoms. The van der Waals surface area contributed by atoms with Crippen LogP contribution in [0.3, 0.4) is 0 Å². The van der Waals surface area contributed by atoms with Crippen molar-refractivity contribution in [1.29, 1.82) is 0 Å². The Bertz CT molecular complexity index is 722. The maximum atomic E-state index is 11.0. The van der Waals surface area contributed by atoms with Crippen LogP contribution in [0, 0.1) is 0 Å². The van der Waals surface area contributed by atoms with E-state index < -0.39 is 6.09 Å². The summed E-state index contributed by atoms with van der Waals surface area (Å²) in [7, 11) is 0. The third kappa shape index (κ3) is 3.22. The van der Waals surface area contributed by atoms with Crippen LogP contribution >= 0.6 is 0 Å². The normalized spacial score (nSPS) is 14.7. The highest BCUT2D eigenvalue weighted by Crippen LogP contribution is 2.33. The lowest BCUT2D eigenvalue weighted by Gasteiger charge is -2.34. The molecule has 128 valence electrons. The van der Waals surface area contributed by atoms with Gasteiger partial charge >= 0.3 is 6.09 Å². The van der Waals surface area contributed by atoms with Gasteiger partial charge in [-0.1, -0.05) is 0 Å². The number of H-pyrrole nitrogens is 1. The summed E-state index contributed by atoms with van der Waals surface area (Å²) >= 11 is 0. The van der Waals surface area contributed by atoms with Crippen LogP contribution in [0.15, 0.2) is 24.3 Å². The van der Waals surface area contributed by atoms with Gasteiger partial charge in [-0.3, -0.25) is 5.10 Å². The first-order valence-corrected chi connectivity index (χ1v) is 7.89. The predicted octanol–water partition coefficient (Wildman–Crippen LogP) is 1.86. The number of ether oxygens (including phenoxy) is 1. The molecule has 0 bridgehead atoms. The second-order valence-corrected chi connectivity index (χ2v) is 5.58. The predicted molar refractivity (Wildman–Crippen MR) is 91.4 cm³/mol. The average Bonchev–Trinajstić information content (AvgIpc) is 3.01. The van der Waals surface area contributed by atoms with Crippen LogP contribution in [0.5, 0.6) is 5.75 Å². The SMILES string of the molecule is CCOc1cc(N2CCN(C(=O)O)CC2)ccc1-c1cc(N)n[nH]1. The molecule has 2 aromatic rings. The summed E-state index contributed by atoms with van der Waals surface area (Å²) in [6.45, 7) is 4.80. The molecule has 24 heavy (non-hydrogen) atoms. The lowest BCUT2D eigenvalue weighted by Crippen LogP contribution is -2.48. The van der Waals surface area contributed by atoms with Crippen molar-refractivity contribution in [2.75, 3.05) is 43.4 Å². The molecule has 1 saturated heterocycles. The monoisotopic (exact) mass is 331 g/mol. The van der Waals surface area contributed by atoms with Crippen molar-refractivity contribution in [1.82, 2.24) is 15.1 Å². The van der Waals surface area contributed by atoms with Gasteiger partial charge in [-0.25, -0.2) is 4.79 Å². The molecule has 0 radical (unpaired) electrons. The van der Waals surface area contributed by atoms with E-state index in [1.165, 1.54) is 4.90 Å². The van der Waals surface area contributed by atoms with Gasteiger partial charge in [0, 0.05) is 49.6 Å². The highest BCUT2D eigenvalue weighted by atomic mass is 16.5. The largest absolute Gasteiger partial charge is 0.493 e. The van der Waals surface area contributed by atoms with Crippen LogP contribution in [-0.4, -0.2) is 59.1 Å². The number of benzene rings is 1. The van der Waals surface area contributed by atoms with Crippen molar-refractivity contribution in [3.8, 4) is 17.0 Å². The van der Waals surface area contributed by atoms with Crippen molar-refractivity contribution in [2.45, 2.75) is 6.92 Å². The number of hydrogen-bond donors (Lipinski definition) is 3. The van der Waals surface area contributed by atoms with Crippen LogP contribution in [0.1, 0.15) is 6.92 Å². The van der Waals surface area contributed by atoms with Crippen LogP contribution in [0.4, 0.5) is 16.3 Å². The standard InChI is InChI=1S/C16H21N5O3/c1-2-24-14-9-11(20-5-7-21(8-6-20)16(22)23)3-4-12(14)13-10-15(17)19-18-13/h3-4,9-10H,2,5-8H2,1H3,(H,22,23)(H3,17,18,19). The number of nitrogens with zero attached hydrogens (tertiary/aromatic N) is 3. The molecule has 1 aliphatic heterocycles. The van der Waals surface area contributed by atoms with Gasteiger partial charge in [0.05, 0.1) is 12.3 Å². The Morgan fingerprint density at radius 3 is 2.67 bits per heavy atom. The average molecular weight is 331 g/mol. The smallest absolute Gasteiger partial charge is 0.407 e. The van der Waals surface area contributed by atoms with Crippen molar-refractivity contribution in [3.05, 3.63) is 24.3 Å². The number of hydrogen-bond acceptors (Lipinski definition) is 5. The molecule has 1 aromatic carbocycles. The van der Waals surface area contributed by atoms with Gasteiger partial charge in [0.25, 0.3) is 0 Å². The van der Waals surface area contributed by atoms with E-state index in [-0.39, 0.29) is 0 Å². The summed E-state index contributed by atoms with van der Waals surface area (Å²) in [4.78, 5) is 14.6. The Balaban J connectivity index is 1.83. The van der Waals surface area contributed by atoms with Gasteiger partial charge in [0.15, 0.2) is 0 Å². The number of carbonyl (C=O) groups is 1. The Morgan fingerprint density at radius 2 is 2.08 bits per heavy atom. The van der Waals surface area contributed by atoms with Crippen LogP contribution in [0.2, 0.25) is 0 Å². The fraction of sp³-hybridized carbons (Fsp3) is 0.375. The number of aromatic nitrogens is 2. The third-order valence-electron chi connectivity index (χ3n) is 4.07. The molecule has 3 rings (SSSR count). The van der Waals surface area contributed by atoms with E-state index in [9.17, 15) is 4.79 Å². The zero-order valence-electron chi connectivity index (χ0n) is 13.5. The van der Waals surface area contributed by atoms with Crippen molar-refractivity contribution in [3.63, 3.8) is 0 Å². The molecule has 1 aromatic heterocycles. The zero-order valence-corrected chi connectivity index (χ0v) is 13.5. The minimum Gasteiger partial charge on any atom is -0.493 e. The second-order valence-electron chi connectivity index (χ2n) is 5.58. The Labute approximate surface area is 139 Å². The van der Waals surface area contributed by atoms with E-state index in [2.05, 4.69) is 15.1 Å². The van der Waals surface area contributed by atoms with Gasteiger partial charge in [-0.05, 0) is 19.1 Å². The van der Waals surface area contributed by atoms with Crippen molar-refractivity contribution in [2.24, 2.45) is 0 Å².